The second-order valence-electron chi connectivity index (χ2n) is 6.95. The Labute approximate surface area is 164 Å². The second-order valence-corrected chi connectivity index (χ2v) is 7.90. The van der Waals surface area contributed by atoms with Gasteiger partial charge in [0.1, 0.15) is 0 Å². The van der Waals surface area contributed by atoms with Crippen LogP contribution < -0.4 is 4.90 Å². The Morgan fingerprint density at radius 3 is 2.81 bits per heavy atom. The van der Waals surface area contributed by atoms with Gasteiger partial charge in [-0.25, -0.2) is 4.98 Å². The van der Waals surface area contributed by atoms with Gasteiger partial charge in [-0.05, 0) is 36.6 Å². The Bertz CT molecular complexity index is 950. The molecule has 4 rings (SSSR count). The molecule has 0 N–H and O–H groups in total. The third-order valence-corrected chi connectivity index (χ3v) is 6.08. The highest BCUT2D eigenvalue weighted by Gasteiger charge is 2.24. The Hall–Kier alpha value is -2.27. The van der Waals surface area contributed by atoms with E-state index in [1.54, 1.807) is 11.8 Å². The molecule has 0 unspecified atom stereocenters. The van der Waals surface area contributed by atoms with Gasteiger partial charge in [0.2, 0.25) is 5.91 Å². The number of para-hydroxylation sites is 3. The van der Waals surface area contributed by atoms with Crippen LogP contribution in [0.5, 0.6) is 0 Å². The quantitative estimate of drug-likeness (QED) is 0.432. The monoisotopic (exact) mass is 379 g/mol. The summed E-state index contributed by atoms with van der Waals surface area (Å²) in [6.45, 7) is 3.96. The molecule has 1 aliphatic heterocycles. The first-order chi connectivity index (χ1) is 13.3. The number of hydrogen-bond donors (Lipinski definition) is 0. The van der Waals surface area contributed by atoms with Gasteiger partial charge in [0.15, 0.2) is 5.16 Å². The first-order valence-corrected chi connectivity index (χ1v) is 10.7. The van der Waals surface area contributed by atoms with Gasteiger partial charge >= 0.3 is 0 Å². The summed E-state index contributed by atoms with van der Waals surface area (Å²) in [5.41, 5.74) is 4.51. The topological polar surface area (TPSA) is 38.1 Å². The summed E-state index contributed by atoms with van der Waals surface area (Å²) in [6, 6.07) is 16.5. The van der Waals surface area contributed by atoms with Gasteiger partial charge in [0, 0.05) is 18.8 Å². The summed E-state index contributed by atoms with van der Waals surface area (Å²) in [7, 11) is 0. The number of thioether (sulfide) groups is 1. The van der Waals surface area contributed by atoms with Crippen molar-refractivity contribution in [3.05, 3.63) is 54.1 Å². The number of nitrogens with zero attached hydrogens (tertiary/aromatic N) is 3. The lowest BCUT2D eigenvalue weighted by atomic mass is 10.2. The summed E-state index contributed by atoms with van der Waals surface area (Å²) < 4.78 is 2.28. The third kappa shape index (κ3) is 3.74. The van der Waals surface area contributed by atoms with Crippen molar-refractivity contribution in [2.24, 2.45) is 0 Å². The minimum atomic E-state index is 0.164. The molecule has 2 aromatic carbocycles. The Balaban J connectivity index is 1.50. The van der Waals surface area contributed by atoms with E-state index in [-0.39, 0.29) is 5.91 Å². The van der Waals surface area contributed by atoms with Crippen LogP contribution >= 0.6 is 11.8 Å². The first-order valence-electron chi connectivity index (χ1n) is 9.74. The van der Waals surface area contributed by atoms with Gasteiger partial charge in [0.25, 0.3) is 0 Å². The van der Waals surface area contributed by atoms with Crippen molar-refractivity contribution in [2.45, 2.75) is 44.3 Å². The molecule has 2 heterocycles. The molecule has 140 valence electrons. The normalized spacial score (nSPS) is 13.3. The maximum absolute atomic E-state index is 12.8. The van der Waals surface area contributed by atoms with Crippen molar-refractivity contribution in [1.82, 2.24) is 9.55 Å². The van der Waals surface area contributed by atoms with Crippen LogP contribution in [0, 0.1) is 0 Å². The van der Waals surface area contributed by atoms with E-state index in [0.717, 1.165) is 47.8 Å². The lowest BCUT2D eigenvalue weighted by Gasteiger charge is -2.17. The van der Waals surface area contributed by atoms with Crippen LogP contribution in [-0.4, -0.2) is 27.8 Å². The number of fused-ring (bicyclic) bond motifs is 2. The predicted octanol–water partition coefficient (Wildman–Crippen LogP) is 4.91. The molecule has 0 bridgehead atoms. The van der Waals surface area contributed by atoms with E-state index in [9.17, 15) is 4.79 Å². The average Bonchev–Trinajstić information content (AvgIpc) is 3.28. The first kappa shape index (κ1) is 18.1. The summed E-state index contributed by atoms with van der Waals surface area (Å²) >= 11 is 1.56. The fraction of sp³-hybridized carbons (Fsp3) is 0.364. The highest BCUT2D eigenvalue weighted by Crippen LogP contribution is 2.30. The zero-order chi connectivity index (χ0) is 18.6. The maximum atomic E-state index is 12.8. The molecule has 0 aliphatic carbocycles. The number of rotatable bonds is 7. The van der Waals surface area contributed by atoms with E-state index >= 15 is 0 Å². The van der Waals surface area contributed by atoms with Crippen LogP contribution in [0.4, 0.5) is 5.69 Å². The molecule has 0 fully saturated rings. The molecule has 0 saturated heterocycles. The standard InChI is InChI=1S/C22H25N3OS/c1-2-3-8-14-25-20-12-7-5-10-18(20)23-22(25)27-16-21(26)24-15-13-17-9-4-6-11-19(17)24/h4-7,9-12H,2-3,8,13-16H2,1H3. The molecule has 5 heteroatoms. The van der Waals surface area contributed by atoms with Gasteiger partial charge in [-0.2, -0.15) is 0 Å². The van der Waals surface area contributed by atoms with Gasteiger partial charge in [-0.3, -0.25) is 4.79 Å². The van der Waals surface area contributed by atoms with Crippen molar-refractivity contribution in [3.8, 4) is 0 Å². The van der Waals surface area contributed by atoms with E-state index < -0.39 is 0 Å². The van der Waals surface area contributed by atoms with Crippen molar-refractivity contribution in [1.29, 1.82) is 0 Å². The van der Waals surface area contributed by atoms with E-state index in [2.05, 4.69) is 29.7 Å². The number of amides is 1. The zero-order valence-electron chi connectivity index (χ0n) is 15.7. The smallest absolute Gasteiger partial charge is 0.237 e. The molecule has 4 nitrogen and oxygen atoms in total. The molecule has 1 amide bonds. The van der Waals surface area contributed by atoms with Crippen molar-refractivity contribution in [3.63, 3.8) is 0 Å². The van der Waals surface area contributed by atoms with Crippen LogP contribution in [-0.2, 0) is 17.8 Å². The minimum Gasteiger partial charge on any atom is -0.319 e. The lowest BCUT2D eigenvalue weighted by Crippen LogP contribution is -2.30. The van der Waals surface area contributed by atoms with Crippen LogP contribution in [0.3, 0.4) is 0 Å². The van der Waals surface area contributed by atoms with Gasteiger partial charge < -0.3 is 9.47 Å². The van der Waals surface area contributed by atoms with Crippen molar-refractivity contribution < 1.29 is 4.79 Å². The molecule has 0 spiro atoms. The van der Waals surface area contributed by atoms with Gasteiger partial charge in [-0.1, -0.05) is 61.9 Å². The van der Waals surface area contributed by atoms with Crippen molar-refractivity contribution in [2.75, 3.05) is 17.2 Å². The summed E-state index contributed by atoms with van der Waals surface area (Å²) in [6.07, 6.45) is 4.49. The van der Waals surface area contributed by atoms with Crippen molar-refractivity contribution >= 4 is 34.4 Å². The molecule has 0 atom stereocenters. The third-order valence-electron chi connectivity index (χ3n) is 5.12. The number of anilines is 1. The van der Waals surface area contributed by atoms with E-state index in [4.69, 9.17) is 4.98 Å². The molecule has 3 aromatic rings. The van der Waals surface area contributed by atoms with Crippen LogP contribution in [0.1, 0.15) is 31.7 Å². The molecule has 0 radical (unpaired) electrons. The Morgan fingerprint density at radius 2 is 1.93 bits per heavy atom. The Morgan fingerprint density at radius 1 is 1.11 bits per heavy atom. The van der Waals surface area contributed by atoms with E-state index in [1.165, 1.54) is 18.4 Å². The zero-order valence-corrected chi connectivity index (χ0v) is 16.5. The highest BCUT2D eigenvalue weighted by molar-refractivity contribution is 7.99. The largest absolute Gasteiger partial charge is 0.319 e. The lowest BCUT2D eigenvalue weighted by molar-refractivity contribution is -0.116. The molecule has 1 aromatic heterocycles. The van der Waals surface area contributed by atoms with Crippen LogP contribution in [0.25, 0.3) is 11.0 Å². The summed E-state index contributed by atoms with van der Waals surface area (Å²) in [4.78, 5) is 19.5. The fourth-order valence-corrected chi connectivity index (χ4v) is 4.62. The number of benzene rings is 2. The number of hydrogen-bond acceptors (Lipinski definition) is 3. The Kier molecular flexibility index (Phi) is 5.48. The molecular weight excluding hydrogens is 354 g/mol. The second kappa shape index (κ2) is 8.17. The number of aromatic nitrogens is 2. The van der Waals surface area contributed by atoms with Crippen LogP contribution in [0.15, 0.2) is 53.7 Å². The summed E-state index contributed by atoms with van der Waals surface area (Å²) in [5.74, 6) is 0.586. The van der Waals surface area contributed by atoms with Gasteiger partial charge in [-0.15, -0.1) is 0 Å². The number of aryl methyl sites for hydroxylation is 1. The molecule has 1 aliphatic rings. The number of carbonyl (C=O) groups is 1. The molecule has 0 saturated carbocycles. The molecule has 27 heavy (non-hydrogen) atoms. The number of carbonyl (C=O) groups excluding carboxylic acids is 1. The maximum Gasteiger partial charge on any atom is 0.237 e. The SMILES string of the molecule is CCCCCn1c(SCC(=O)N2CCc3ccccc32)nc2ccccc21. The summed E-state index contributed by atoms with van der Waals surface area (Å²) in [5, 5.41) is 0.952. The van der Waals surface area contributed by atoms with E-state index in [1.807, 2.05) is 35.2 Å². The minimum absolute atomic E-state index is 0.164. The predicted molar refractivity (Wildman–Crippen MR) is 112 cm³/mol. The van der Waals surface area contributed by atoms with Crippen LogP contribution in [0.2, 0.25) is 0 Å². The number of imidazole rings is 1. The average molecular weight is 380 g/mol. The number of unbranched alkanes of at least 4 members (excludes halogenated alkanes) is 2. The van der Waals surface area contributed by atoms with E-state index in [0.29, 0.717) is 5.75 Å². The fourth-order valence-electron chi connectivity index (χ4n) is 3.70. The molecular formula is C22H25N3OS. The highest BCUT2D eigenvalue weighted by atomic mass is 32.2. The van der Waals surface area contributed by atoms with Gasteiger partial charge in [0.05, 0.1) is 16.8 Å².